The number of hydrogen-bond acceptors (Lipinski definition) is 3. The molecule has 0 aliphatic heterocycles. The molecular weight excluding hydrogens is 246 g/mol. The van der Waals surface area contributed by atoms with Gasteiger partial charge in [0.2, 0.25) is 0 Å². The second kappa shape index (κ2) is 7.01. The van der Waals surface area contributed by atoms with E-state index in [1.807, 2.05) is 18.2 Å². The number of nitrogens with zero attached hydrogens (tertiary/aromatic N) is 1. The van der Waals surface area contributed by atoms with Crippen molar-refractivity contribution in [3.05, 3.63) is 46.6 Å². The Bertz CT molecular complexity index is 468. The van der Waals surface area contributed by atoms with Gasteiger partial charge in [-0.25, -0.2) is 9.79 Å². The van der Waals surface area contributed by atoms with Crippen LogP contribution in [0.3, 0.4) is 0 Å². The van der Waals surface area contributed by atoms with E-state index in [0.717, 1.165) is 12.0 Å². The number of carbonyl (C=O) groups is 1. The van der Waals surface area contributed by atoms with Gasteiger partial charge in [-0.3, -0.25) is 0 Å². The van der Waals surface area contributed by atoms with Crippen LogP contribution in [0, 0.1) is 5.92 Å². The van der Waals surface area contributed by atoms with Crippen LogP contribution in [-0.2, 0) is 4.79 Å². The van der Waals surface area contributed by atoms with Gasteiger partial charge in [0.25, 0.3) is 0 Å². The van der Waals surface area contributed by atoms with E-state index < -0.39 is 5.97 Å². The van der Waals surface area contributed by atoms with Crippen molar-refractivity contribution >= 4 is 24.8 Å². The zero-order valence-corrected chi connectivity index (χ0v) is 11.4. The lowest BCUT2D eigenvalue weighted by Gasteiger charge is -2.03. The van der Waals surface area contributed by atoms with E-state index >= 15 is 0 Å². The van der Waals surface area contributed by atoms with Crippen LogP contribution in [-0.4, -0.2) is 17.3 Å². The molecule has 0 heterocycles. The Morgan fingerprint density at radius 1 is 1.44 bits per heavy atom. The van der Waals surface area contributed by atoms with Crippen LogP contribution in [0.4, 0.5) is 0 Å². The summed E-state index contributed by atoms with van der Waals surface area (Å²) in [6.07, 6.45) is 10.5. The summed E-state index contributed by atoms with van der Waals surface area (Å²) in [7, 11) is 0. The molecule has 0 radical (unpaired) electrons. The Morgan fingerprint density at radius 2 is 2.17 bits per heavy atom. The highest BCUT2D eigenvalue weighted by Gasteiger charge is 2.04. The SMILES string of the molecule is CC(C)C1=CCC=C(C=N/C(=C\S)C(=O)O)C=C1. The van der Waals surface area contributed by atoms with Gasteiger partial charge in [0.15, 0.2) is 5.70 Å². The van der Waals surface area contributed by atoms with Crippen molar-refractivity contribution in [1.29, 1.82) is 0 Å². The summed E-state index contributed by atoms with van der Waals surface area (Å²) in [5.41, 5.74) is 2.10. The van der Waals surface area contributed by atoms with Gasteiger partial charge >= 0.3 is 5.97 Å². The number of allylic oxidation sites excluding steroid dienone is 6. The monoisotopic (exact) mass is 263 g/mol. The Kier molecular flexibility index (Phi) is 5.65. The lowest BCUT2D eigenvalue weighted by atomic mass is 10.0. The van der Waals surface area contributed by atoms with Crippen molar-refractivity contribution in [2.24, 2.45) is 10.9 Å². The van der Waals surface area contributed by atoms with Crippen LogP contribution in [0.5, 0.6) is 0 Å². The van der Waals surface area contributed by atoms with Crippen LogP contribution in [0.2, 0.25) is 0 Å². The third-order valence-electron chi connectivity index (χ3n) is 2.54. The summed E-state index contributed by atoms with van der Waals surface area (Å²) in [6.45, 7) is 4.28. The molecule has 18 heavy (non-hydrogen) atoms. The first-order chi connectivity index (χ1) is 8.54. The van der Waals surface area contributed by atoms with Gasteiger partial charge in [0.1, 0.15) is 0 Å². The zero-order valence-electron chi connectivity index (χ0n) is 10.5. The molecule has 0 fully saturated rings. The molecule has 0 unspecified atom stereocenters. The van der Waals surface area contributed by atoms with Gasteiger partial charge in [-0.1, -0.05) is 38.2 Å². The molecule has 0 amide bonds. The Balaban J connectivity index is 2.77. The van der Waals surface area contributed by atoms with E-state index in [0.29, 0.717) is 5.92 Å². The lowest BCUT2D eigenvalue weighted by Crippen LogP contribution is -1.97. The Labute approximate surface area is 113 Å². The molecule has 96 valence electrons. The molecule has 0 saturated carbocycles. The first kappa shape index (κ1) is 14.5. The van der Waals surface area contributed by atoms with Gasteiger partial charge < -0.3 is 5.11 Å². The molecule has 0 atom stereocenters. The standard InChI is InChI=1S/C14H17NO2S/c1-10(2)12-5-3-4-11(6-7-12)8-15-13(9-18)14(16)17/h4-10,18H,3H2,1-2H3,(H,16,17)/b13-9-,15-8?. The smallest absolute Gasteiger partial charge is 0.355 e. The van der Waals surface area contributed by atoms with Gasteiger partial charge in [-0.15, -0.1) is 12.6 Å². The zero-order chi connectivity index (χ0) is 13.5. The normalized spacial score (nSPS) is 16.8. The Hall–Kier alpha value is -1.55. The van der Waals surface area contributed by atoms with Crippen molar-refractivity contribution in [3.63, 3.8) is 0 Å². The van der Waals surface area contributed by atoms with Crippen molar-refractivity contribution in [1.82, 2.24) is 0 Å². The largest absolute Gasteiger partial charge is 0.476 e. The fourth-order valence-corrected chi connectivity index (χ4v) is 1.65. The van der Waals surface area contributed by atoms with E-state index in [1.54, 1.807) is 6.21 Å². The predicted octanol–water partition coefficient (Wildman–Crippen LogP) is 3.38. The third kappa shape index (κ3) is 4.37. The van der Waals surface area contributed by atoms with Gasteiger partial charge in [0, 0.05) is 11.6 Å². The van der Waals surface area contributed by atoms with Crippen LogP contribution >= 0.6 is 12.6 Å². The second-order valence-electron chi connectivity index (χ2n) is 4.21. The summed E-state index contributed by atoms with van der Waals surface area (Å²) in [4.78, 5) is 14.6. The van der Waals surface area contributed by atoms with E-state index in [1.165, 1.54) is 11.0 Å². The first-order valence-corrected chi connectivity index (χ1v) is 6.26. The van der Waals surface area contributed by atoms with Gasteiger partial charge in [0.05, 0.1) is 0 Å². The number of rotatable bonds is 4. The van der Waals surface area contributed by atoms with Crippen LogP contribution < -0.4 is 0 Å². The highest BCUT2D eigenvalue weighted by molar-refractivity contribution is 7.83. The summed E-state index contributed by atoms with van der Waals surface area (Å²) >= 11 is 3.81. The summed E-state index contributed by atoms with van der Waals surface area (Å²) in [5, 5.41) is 9.97. The average Bonchev–Trinajstić information content (AvgIpc) is 2.55. The maximum absolute atomic E-state index is 10.7. The van der Waals surface area contributed by atoms with Crippen molar-refractivity contribution in [2.45, 2.75) is 20.3 Å². The molecule has 0 aromatic carbocycles. The predicted molar refractivity (Wildman–Crippen MR) is 78.0 cm³/mol. The highest BCUT2D eigenvalue weighted by Crippen LogP contribution is 2.16. The minimum absolute atomic E-state index is 0.0751. The molecule has 1 N–H and O–H groups in total. The minimum Gasteiger partial charge on any atom is -0.476 e. The molecule has 0 aromatic rings. The van der Waals surface area contributed by atoms with Crippen molar-refractivity contribution in [3.8, 4) is 0 Å². The molecule has 3 nitrogen and oxygen atoms in total. The lowest BCUT2D eigenvalue weighted by molar-refractivity contribution is -0.132. The number of aliphatic imine (C=N–C) groups is 1. The fraction of sp³-hybridized carbons (Fsp3) is 0.286. The molecule has 1 aliphatic carbocycles. The average molecular weight is 263 g/mol. The molecule has 0 spiro atoms. The fourth-order valence-electron chi connectivity index (χ4n) is 1.47. The molecular formula is C14H17NO2S. The van der Waals surface area contributed by atoms with Crippen LogP contribution in [0.15, 0.2) is 51.5 Å². The van der Waals surface area contributed by atoms with E-state index in [2.05, 4.69) is 37.5 Å². The van der Waals surface area contributed by atoms with Gasteiger partial charge in [-0.05, 0) is 23.5 Å². The van der Waals surface area contributed by atoms with Crippen LogP contribution in [0.1, 0.15) is 20.3 Å². The Morgan fingerprint density at radius 3 is 2.72 bits per heavy atom. The van der Waals surface area contributed by atoms with Crippen molar-refractivity contribution in [2.75, 3.05) is 0 Å². The quantitative estimate of drug-likeness (QED) is 0.464. The first-order valence-electron chi connectivity index (χ1n) is 5.74. The minimum atomic E-state index is -1.08. The number of aliphatic carboxylic acids is 1. The topological polar surface area (TPSA) is 49.7 Å². The molecule has 1 rings (SSSR count). The summed E-state index contributed by atoms with van der Waals surface area (Å²) < 4.78 is 0. The molecule has 0 aromatic heterocycles. The number of carboxylic acids is 1. The van der Waals surface area contributed by atoms with E-state index in [4.69, 9.17) is 5.11 Å². The van der Waals surface area contributed by atoms with Crippen molar-refractivity contribution < 1.29 is 9.90 Å². The maximum atomic E-state index is 10.7. The molecule has 4 heteroatoms. The number of carboxylic acid groups (broad SMARTS) is 1. The summed E-state index contributed by atoms with van der Waals surface area (Å²) in [6, 6.07) is 0. The third-order valence-corrected chi connectivity index (χ3v) is 2.78. The number of hydrogen-bond donors (Lipinski definition) is 2. The molecule has 0 saturated heterocycles. The number of thiol groups is 1. The highest BCUT2D eigenvalue weighted by atomic mass is 32.1. The maximum Gasteiger partial charge on any atom is 0.355 e. The second-order valence-corrected chi connectivity index (χ2v) is 4.47. The van der Waals surface area contributed by atoms with Gasteiger partial charge in [-0.2, -0.15) is 0 Å². The molecule has 1 aliphatic rings. The van der Waals surface area contributed by atoms with Crippen LogP contribution in [0.25, 0.3) is 0 Å². The van der Waals surface area contributed by atoms with E-state index in [-0.39, 0.29) is 5.70 Å². The van der Waals surface area contributed by atoms with E-state index in [9.17, 15) is 4.79 Å². The molecule has 0 bridgehead atoms. The summed E-state index contributed by atoms with van der Waals surface area (Å²) in [5.74, 6) is -0.599.